The molecule has 1 aromatic rings. The minimum atomic E-state index is -0.0983. The molecule has 1 atom stereocenters. The highest BCUT2D eigenvalue weighted by Crippen LogP contribution is 2.23. The molecule has 0 radical (unpaired) electrons. The molecule has 20 heavy (non-hydrogen) atoms. The smallest absolute Gasteiger partial charge is 0.320 e. The van der Waals surface area contributed by atoms with Gasteiger partial charge in [-0.3, -0.25) is 0 Å². The molecule has 0 bridgehead atoms. The van der Waals surface area contributed by atoms with Crippen LogP contribution in [0.3, 0.4) is 0 Å². The highest BCUT2D eigenvalue weighted by Gasteiger charge is 2.25. The Bertz CT molecular complexity index is 455. The van der Waals surface area contributed by atoms with Crippen molar-refractivity contribution in [3.05, 3.63) is 28.2 Å². The second-order valence-corrected chi connectivity index (χ2v) is 5.80. The minimum absolute atomic E-state index is 0.0983. The number of benzene rings is 1. The Hall–Kier alpha value is -0.970. The lowest BCUT2D eigenvalue weighted by Gasteiger charge is -2.28. The number of amides is 2. The molecule has 1 saturated heterocycles. The fourth-order valence-corrected chi connectivity index (χ4v) is 2.94. The molecule has 1 fully saturated rings. The summed E-state index contributed by atoms with van der Waals surface area (Å²) in [6.07, 6.45) is 1.92. The first kappa shape index (κ1) is 15.4. The van der Waals surface area contributed by atoms with Crippen LogP contribution in [0.4, 0.5) is 10.5 Å². The lowest BCUT2D eigenvalue weighted by molar-refractivity contribution is 0.192. The third-order valence-electron chi connectivity index (χ3n) is 3.31. The number of nitrogens with zero attached hydrogens (tertiary/aromatic N) is 1. The zero-order valence-corrected chi connectivity index (χ0v) is 13.0. The van der Waals surface area contributed by atoms with Gasteiger partial charge in [0.05, 0.1) is 0 Å². The van der Waals surface area contributed by atoms with Gasteiger partial charge in [0, 0.05) is 34.9 Å². The second-order valence-electron chi connectivity index (χ2n) is 4.93. The summed E-state index contributed by atoms with van der Waals surface area (Å²) in [7, 11) is 0. The van der Waals surface area contributed by atoms with E-state index in [2.05, 4.69) is 17.6 Å². The number of carbonyl (C=O) groups is 1. The monoisotopic (exact) mass is 315 g/mol. The van der Waals surface area contributed by atoms with Gasteiger partial charge in [-0.1, -0.05) is 30.1 Å². The molecular formula is C14H19Cl2N3O. The third-order valence-corrected chi connectivity index (χ3v) is 3.75. The van der Waals surface area contributed by atoms with Gasteiger partial charge in [0.25, 0.3) is 0 Å². The van der Waals surface area contributed by atoms with Crippen LogP contribution >= 0.6 is 23.2 Å². The van der Waals surface area contributed by atoms with Crippen molar-refractivity contribution in [1.29, 1.82) is 0 Å². The van der Waals surface area contributed by atoms with Crippen LogP contribution in [0.25, 0.3) is 0 Å². The lowest BCUT2D eigenvalue weighted by atomic mass is 10.2. The summed E-state index contributed by atoms with van der Waals surface area (Å²) >= 11 is 11.9. The van der Waals surface area contributed by atoms with Crippen molar-refractivity contribution < 1.29 is 4.79 Å². The van der Waals surface area contributed by atoms with Gasteiger partial charge in [0.2, 0.25) is 0 Å². The van der Waals surface area contributed by atoms with Gasteiger partial charge < -0.3 is 15.5 Å². The molecule has 0 aromatic heterocycles. The van der Waals surface area contributed by atoms with E-state index in [-0.39, 0.29) is 12.1 Å². The van der Waals surface area contributed by atoms with Gasteiger partial charge in [-0.2, -0.15) is 0 Å². The van der Waals surface area contributed by atoms with Crippen molar-refractivity contribution in [2.24, 2.45) is 0 Å². The normalized spacial score (nSPS) is 18.1. The Kier molecular flexibility index (Phi) is 5.52. The van der Waals surface area contributed by atoms with Crippen molar-refractivity contribution in [1.82, 2.24) is 10.2 Å². The SMILES string of the molecule is CCCN(C(=O)Nc1cc(Cl)cc(Cl)c1)C1CCNC1. The number of nitrogens with one attached hydrogen (secondary N) is 2. The molecule has 1 aromatic carbocycles. The van der Waals surface area contributed by atoms with E-state index in [9.17, 15) is 4.79 Å². The van der Waals surface area contributed by atoms with Crippen LogP contribution in [-0.4, -0.2) is 36.6 Å². The van der Waals surface area contributed by atoms with E-state index in [1.54, 1.807) is 18.2 Å². The molecule has 110 valence electrons. The first-order valence-corrected chi connectivity index (χ1v) is 7.60. The average Bonchev–Trinajstić information content (AvgIpc) is 2.87. The van der Waals surface area contributed by atoms with Crippen LogP contribution in [0.15, 0.2) is 18.2 Å². The van der Waals surface area contributed by atoms with Crippen molar-refractivity contribution in [2.45, 2.75) is 25.8 Å². The summed E-state index contributed by atoms with van der Waals surface area (Å²) in [5, 5.41) is 7.18. The first-order chi connectivity index (χ1) is 9.60. The number of carbonyl (C=O) groups excluding carboxylic acids is 1. The summed E-state index contributed by atoms with van der Waals surface area (Å²) in [4.78, 5) is 14.3. The van der Waals surface area contributed by atoms with E-state index in [1.807, 2.05) is 4.90 Å². The molecule has 2 amide bonds. The Morgan fingerprint density at radius 2 is 2.10 bits per heavy atom. The zero-order valence-electron chi connectivity index (χ0n) is 11.5. The van der Waals surface area contributed by atoms with Gasteiger partial charge in [0.1, 0.15) is 0 Å². The van der Waals surface area contributed by atoms with Crippen LogP contribution in [-0.2, 0) is 0 Å². The number of urea groups is 1. The largest absolute Gasteiger partial charge is 0.322 e. The van der Waals surface area contributed by atoms with Crippen LogP contribution in [0.5, 0.6) is 0 Å². The van der Waals surface area contributed by atoms with E-state index >= 15 is 0 Å². The summed E-state index contributed by atoms with van der Waals surface area (Å²) < 4.78 is 0. The number of anilines is 1. The topological polar surface area (TPSA) is 44.4 Å². The fourth-order valence-electron chi connectivity index (χ4n) is 2.42. The maximum atomic E-state index is 12.4. The molecule has 0 saturated carbocycles. The number of hydrogen-bond acceptors (Lipinski definition) is 2. The molecule has 2 N–H and O–H groups in total. The quantitative estimate of drug-likeness (QED) is 0.891. The molecule has 2 rings (SSSR count). The molecule has 1 aliphatic heterocycles. The molecule has 1 aliphatic rings. The fraction of sp³-hybridized carbons (Fsp3) is 0.500. The minimum Gasteiger partial charge on any atom is -0.320 e. The highest BCUT2D eigenvalue weighted by molar-refractivity contribution is 6.35. The van der Waals surface area contributed by atoms with E-state index in [4.69, 9.17) is 23.2 Å². The first-order valence-electron chi connectivity index (χ1n) is 6.84. The van der Waals surface area contributed by atoms with Crippen LogP contribution in [0.1, 0.15) is 19.8 Å². The summed E-state index contributed by atoms with van der Waals surface area (Å²) in [6, 6.07) is 5.19. The summed E-state index contributed by atoms with van der Waals surface area (Å²) in [5.74, 6) is 0. The number of hydrogen-bond donors (Lipinski definition) is 2. The molecule has 4 nitrogen and oxygen atoms in total. The Labute approximate surface area is 129 Å². The van der Waals surface area contributed by atoms with Crippen molar-refractivity contribution >= 4 is 34.9 Å². The van der Waals surface area contributed by atoms with Crippen molar-refractivity contribution in [3.63, 3.8) is 0 Å². The van der Waals surface area contributed by atoms with Crippen LogP contribution in [0.2, 0.25) is 10.0 Å². The molecule has 0 spiro atoms. The Balaban J connectivity index is 2.07. The van der Waals surface area contributed by atoms with Crippen molar-refractivity contribution in [3.8, 4) is 0 Å². The second kappa shape index (κ2) is 7.16. The van der Waals surface area contributed by atoms with Gasteiger partial charge in [-0.05, 0) is 37.6 Å². The summed E-state index contributed by atoms with van der Waals surface area (Å²) in [6.45, 7) is 4.62. The molecule has 1 heterocycles. The van der Waals surface area contributed by atoms with Gasteiger partial charge >= 0.3 is 6.03 Å². The van der Waals surface area contributed by atoms with E-state index in [0.717, 1.165) is 32.5 Å². The Morgan fingerprint density at radius 3 is 2.65 bits per heavy atom. The highest BCUT2D eigenvalue weighted by atomic mass is 35.5. The van der Waals surface area contributed by atoms with Gasteiger partial charge in [-0.25, -0.2) is 4.79 Å². The van der Waals surface area contributed by atoms with E-state index < -0.39 is 0 Å². The third kappa shape index (κ3) is 4.01. The molecular weight excluding hydrogens is 297 g/mol. The predicted molar refractivity (Wildman–Crippen MR) is 83.8 cm³/mol. The van der Waals surface area contributed by atoms with Gasteiger partial charge in [0.15, 0.2) is 0 Å². The predicted octanol–water partition coefficient (Wildman–Crippen LogP) is 3.60. The Morgan fingerprint density at radius 1 is 1.40 bits per heavy atom. The molecule has 0 aliphatic carbocycles. The van der Waals surface area contributed by atoms with Gasteiger partial charge in [-0.15, -0.1) is 0 Å². The molecule has 6 heteroatoms. The van der Waals surface area contributed by atoms with Crippen LogP contribution in [0, 0.1) is 0 Å². The lowest BCUT2D eigenvalue weighted by Crippen LogP contribution is -2.44. The van der Waals surface area contributed by atoms with E-state index in [0.29, 0.717) is 15.7 Å². The summed E-state index contributed by atoms with van der Waals surface area (Å²) in [5.41, 5.74) is 0.625. The maximum Gasteiger partial charge on any atom is 0.322 e. The van der Waals surface area contributed by atoms with Crippen LogP contribution < -0.4 is 10.6 Å². The zero-order chi connectivity index (χ0) is 14.5. The number of rotatable bonds is 4. The van der Waals surface area contributed by atoms with Crippen molar-refractivity contribution in [2.75, 3.05) is 25.0 Å². The molecule has 1 unspecified atom stereocenters. The average molecular weight is 316 g/mol. The standard InChI is InChI=1S/C14H19Cl2N3O/c1-2-5-19(13-3-4-17-9-13)14(20)18-12-7-10(15)6-11(16)8-12/h6-8,13,17H,2-5,9H2,1H3,(H,18,20). The number of halogens is 2. The van der Waals surface area contributed by atoms with E-state index in [1.165, 1.54) is 0 Å². The maximum absolute atomic E-state index is 12.4.